The molecule has 1 fully saturated rings. The molecular formula is C21H22FNO2. The fourth-order valence-electron chi connectivity index (χ4n) is 3.89. The highest BCUT2D eigenvalue weighted by Gasteiger charge is 2.42. The van der Waals surface area contributed by atoms with Crippen LogP contribution in [0.25, 0.3) is 0 Å². The van der Waals surface area contributed by atoms with Gasteiger partial charge in [0.1, 0.15) is 17.2 Å². The van der Waals surface area contributed by atoms with Gasteiger partial charge in [-0.05, 0) is 30.2 Å². The lowest BCUT2D eigenvalue weighted by molar-refractivity contribution is -0.00870. The zero-order valence-electron chi connectivity index (χ0n) is 14.2. The number of halogens is 1. The molecule has 1 saturated heterocycles. The zero-order chi connectivity index (χ0) is 17.3. The van der Waals surface area contributed by atoms with Gasteiger partial charge < -0.3 is 9.64 Å². The molecule has 130 valence electrons. The Labute approximate surface area is 147 Å². The Hall–Kier alpha value is -2.20. The maximum absolute atomic E-state index is 13.7. The summed E-state index contributed by atoms with van der Waals surface area (Å²) in [5.41, 5.74) is 1.11. The summed E-state index contributed by atoms with van der Waals surface area (Å²) < 4.78 is 20.0. The van der Waals surface area contributed by atoms with Crippen molar-refractivity contribution in [1.29, 1.82) is 0 Å². The van der Waals surface area contributed by atoms with Crippen molar-refractivity contribution < 1.29 is 13.9 Å². The minimum absolute atomic E-state index is 0.131. The lowest BCUT2D eigenvalue weighted by Gasteiger charge is -2.44. The predicted molar refractivity (Wildman–Crippen MR) is 94.5 cm³/mol. The Bertz CT molecular complexity index is 781. The van der Waals surface area contributed by atoms with E-state index in [-0.39, 0.29) is 17.2 Å². The van der Waals surface area contributed by atoms with Gasteiger partial charge in [-0.3, -0.25) is 4.79 Å². The van der Waals surface area contributed by atoms with E-state index in [0.717, 1.165) is 43.8 Å². The molecule has 2 aromatic rings. The molecule has 0 atom stereocenters. The minimum atomic E-state index is -0.361. The van der Waals surface area contributed by atoms with Gasteiger partial charge in [0.25, 0.3) is 0 Å². The van der Waals surface area contributed by atoms with Gasteiger partial charge in [0.05, 0.1) is 12.0 Å². The third-order valence-electron chi connectivity index (χ3n) is 5.42. The van der Waals surface area contributed by atoms with E-state index in [2.05, 4.69) is 4.90 Å². The molecule has 0 unspecified atom stereocenters. The van der Waals surface area contributed by atoms with Crippen LogP contribution in [0, 0.1) is 5.82 Å². The molecule has 0 bridgehead atoms. The van der Waals surface area contributed by atoms with Crippen molar-refractivity contribution in [3.8, 4) is 5.75 Å². The van der Waals surface area contributed by atoms with E-state index in [9.17, 15) is 9.18 Å². The third-order valence-corrected chi connectivity index (χ3v) is 5.42. The van der Waals surface area contributed by atoms with Crippen LogP contribution in [0.4, 0.5) is 4.39 Å². The minimum Gasteiger partial charge on any atom is -0.486 e. The molecule has 4 rings (SSSR count). The zero-order valence-corrected chi connectivity index (χ0v) is 14.2. The van der Waals surface area contributed by atoms with Crippen LogP contribution in [0.3, 0.4) is 0 Å². The van der Waals surface area contributed by atoms with Crippen molar-refractivity contribution in [2.75, 3.05) is 19.6 Å². The van der Waals surface area contributed by atoms with Crippen LogP contribution in [0.5, 0.6) is 5.75 Å². The summed E-state index contributed by atoms with van der Waals surface area (Å²) >= 11 is 0. The number of Topliss-reactive ketones (excluding diaryl/α,β-unsaturated/α-hetero) is 1. The molecule has 0 radical (unpaired) electrons. The summed E-state index contributed by atoms with van der Waals surface area (Å²) in [5, 5.41) is 0. The molecule has 2 aromatic carbocycles. The number of benzene rings is 2. The third kappa shape index (κ3) is 3.31. The van der Waals surface area contributed by atoms with Crippen LogP contribution in [0.2, 0.25) is 0 Å². The highest BCUT2D eigenvalue weighted by atomic mass is 19.1. The number of ether oxygens (including phenoxy) is 1. The van der Waals surface area contributed by atoms with E-state index < -0.39 is 0 Å². The predicted octanol–water partition coefficient (Wildman–Crippen LogP) is 3.87. The van der Waals surface area contributed by atoms with Crippen LogP contribution in [-0.2, 0) is 6.42 Å². The van der Waals surface area contributed by atoms with E-state index in [1.807, 2.05) is 36.4 Å². The number of nitrogens with zero attached hydrogens (tertiary/aromatic N) is 1. The number of rotatable bonds is 3. The van der Waals surface area contributed by atoms with E-state index >= 15 is 0 Å². The molecule has 0 aliphatic carbocycles. The molecule has 0 aromatic heterocycles. The van der Waals surface area contributed by atoms with Crippen molar-refractivity contribution in [2.45, 2.75) is 31.3 Å². The molecular weight excluding hydrogens is 317 g/mol. The van der Waals surface area contributed by atoms with Gasteiger partial charge in [-0.1, -0.05) is 30.3 Å². The van der Waals surface area contributed by atoms with E-state index in [1.54, 1.807) is 6.07 Å². The van der Waals surface area contributed by atoms with Gasteiger partial charge in [0, 0.05) is 32.5 Å². The summed E-state index contributed by atoms with van der Waals surface area (Å²) in [7, 11) is 0. The summed E-state index contributed by atoms with van der Waals surface area (Å²) in [6.07, 6.45) is 2.85. The van der Waals surface area contributed by atoms with E-state index in [0.29, 0.717) is 18.4 Å². The second-order valence-corrected chi connectivity index (χ2v) is 7.06. The van der Waals surface area contributed by atoms with Crippen molar-refractivity contribution in [3.05, 3.63) is 65.5 Å². The molecule has 25 heavy (non-hydrogen) atoms. The standard InChI is InChI=1S/C21H22FNO2/c22-18-7-3-1-5-16(18)9-12-23-13-10-21(11-14-23)15-19(24)17-6-2-4-8-20(17)25-21/h1-8H,9-15H2. The highest BCUT2D eigenvalue weighted by molar-refractivity contribution is 6.00. The normalized spacial score (nSPS) is 19.5. The summed E-state index contributed by atoms with van der Waals surface area (Å²) in [6.45, 7) is 2.59. The molecule has 3 nitrogen and oxygen atoms in total. The van der Waals surface area contributed by atoms with Gasteiger partial charge in [0.15, 0.2) is 5.78 Å². The van der Waals surface area contributed by atoms with Crippen LogP contribution >= 0.6 is 0 Å². The summed E-state index contributed by atoms with van der Waals surface area (Å²) in [4.78, 5) is 14.8. The van der Waals surface area contributed by atoms with Crippen LogP contribution in [0.1, 0.15) is 35.2 Å². The Morgan fingerprint density at radius 3 is 2.56 bits per heavy atom. The number of carbonyl (C=O) groups excluding carboxylic acids is 1. The first kappa shape index (κ1) is 16.3. The SMILES string of the molecule is O=C1CC2(CCN(CCc3ccccc3F)CC2)Oc2ccccc21. The monoisotopic (exact) mass is 339 g/mol. The number of ketones is 1. The molecule has 2 heterocycles. The fraction of sp³-hybridized carbons (Fsp3) is 0.381. The molecule has 0 amide bonds. The topological polar surface area (TPSA) is 29.5 Å². The number of hydrogen-bond donors (Lipinski definition) is 0. The van der Waals surface area contributed by atoms with Crippen molar-refractivity contribution in [2.24, 2.45) is 0 Å². The van der Waals surface area contributed by atoms with Crippen LogP contribution in [0.15, 0.2) is 48.5 Å². The first-order valence-corrected chi connectivity index (χ1v) is 8.92. The number of carbonyl (C=O) groups is 1. The first-order valence-electron chi connectivity index (χ1n) is 8.92. The van der Waals surface area contributed by atoms with Crippen molar-refractivity contribution in [3.63, 3.8) is 0 Å². The lowest BCUT2D eigenvalue weighted by Crippen LogP contribution is -2.51. The number of piperidine rings is 1. The maximum Gasteiger partial charge on any atom is 0.170 e. The lowest BCUT2D eigenvalue weighted by atomic mass is 9.82. The average molecular weight is 339 g/mol. The molecule has 0 saturated carbocycles. The van der Waals surface area contributed by atoms with Gasteiger partial charge in [0.2, 0.25) is 0 Å². The molecule has 0 N–H and O–H groups in total. The first-order chi connectivity index (χ1) is 12.2. The quantitative estimate of drug-likeness (QED) is 0.850. The molecule has 2 aliphatic heterocycles. The Kier molecular flexibility index (Phi) is 4.30. The Balaban J connectivity index is 1.37. The maximum atomic E-state index is 13.7. The Morgan fingerprint density at radius 2 is 1.76 bits per heavy atom. The van der Waals surface area contributed by atoms with Gasteiger partial charge in [-0.15, -0.1) is 0 Å². The van der Waals surface area contributed by atoms with Crippen LogP contribution in [-0.4, -0.2) is 35.9 Å². The van der Waals surface area contributed by atoms with Crippen molar-refractivity contribution in [1.82, 2.24) is 4.90 Å². The van der Waals surface area contributed by atoms with Crippen molar-refractivity contribution >= 4 is 5.78 Å². The molecule has 2 aliphatic rings. The summed E-state index contributed by atoms with van der Waals surface area (Å²) in [5.74, 6) is 0.772. The van der Waals surface area contributed by atoms with Gasteiger partial charge in [-0.2, -0.15) is 0 Å². The number of hydrogen-bond acceptors (Lipinski definition) is 3. The van der Waals surface area contributed by atoms with E-state index in [4.69, 9.17) is 4.74 Å². The van der Waals surface area contributed by atoms with E-state index in [1.165, 1.54) is 6.07 Å². The smallest absolute Gasteiger partial charge is 0.170 e. The van der Waals surface area contributed by atoms with Gasteiger partial charge >= 0.3 is 0 Å². The fourth-order valence-corrected chi connectivity index (χ4v) is 3.89. The second-order valence-electron chi connectivity index (χ2n) is 7.06. The Morgan fingerprint density at radius 1 is 1.04 bits per heavy atom. The van der Waals surface area contributed by atoms with Crippen LogP contribution < -0.4 is 4.74 Å². The average Bonchev–Trinajstić information content (AvgIpc) is 2.63. The molecule has 4 heteroatoms. The number of likely N-dealkylation sites (tertiary alicyclic amines) is 1. The van der Waals surface area contributed by atoms with Gasteiger partial charge in [-0.25, -0.2) is 4.39 Å². The summed E-state index contributed by atoms with van der Waals surface area (Å²) in [6, 6.07) is 14.5. The molecule has 1 spiro atoms. The highest BCUT2D eigenvalue weighted by Crippen LogP contribution is 2.39. The number of fused-ring (bicyclic) bond motifs is 1. The largest absolute Gasteiger partial charge is 0.486 e. The number of para-hydroxylation sites is 1. The second kappa shape index (κ2) is 6.60.